The van der Waals surface area contributed by atoms with Crippen molar-refractivity contribution in [3.05, 3.63) is 35.6 Å². The zero-order chi connectivity index (χ0) is 11.5. The van der Waals surface area contributed by atoms with E-state index in [1.165, 1.54) is 31.2 Å². The lowest BCUT2D eigenvalue weighted by atomic mass is 9.70. The average molecular weight is 203 g/mol. The van der Waals surface area contributed by atoms with Crippen LogP contribution in [0.3, 0.4) is 0 Å². The molecule has 0 unspecified atom stereocenters. The molecular formula is C13H22BN. The van der Waals surface area contributed by atoms with Crippen LogP contribution in [0.25, 0.3) is 0 Å². The van der Waals surface area contributed by atoms with Gasteiger partial charge in [0, 0.05) is 11.1 Å². The van der Waals surface area contributed by atoms with Gasteiger partial charge in [0.15, 0.2) is 0 Å². The lowest BCUT2D eigenvalue weighted by molar-refractivity contribution is 0.540. The predicted octanol–water partition coefficient (Wildman–Crippen LogP) is 3.03. The topological polar surface area (TPSA) is 26.0 Å². The van der Waals surface area contributed by atoms with Crippen molar-refractivity contribution in [2.45, 2.75) is 39.8 Å². The molecule has 0 heterocycles. The maximum Gasteiger partial charge on any atom is 0.122 e. The third kappa shape index (κ3) is 2.77. The molecule has 0 saturated heterocycles. The van der Waals surface area contributed by atoms with Gasteiger partial charge in [-0.25, -0.2) is 0 Å². The Labute approximate surface area is 94.4 Å². The summed E-state index contributed by atoms with van der Waals surface area (Å²) in [7, 11) is 1.21. The van der Waals surface area contributed by atoms with E-state index < -0.39 is 0 Å². The Hall–Kier alpha value is -0.915. The molecule has 2 N–H and O–H groups in total. The number of allylic oxidation sites excluding steroid dienone is 4. The molecule has 1 rings (SSSR count). The van der Waals surface area contributed by atoms with Crippen molar-refractivity contribution in [2.24, 2.45) is 11.1 Å². The van der Waals surface area contributed by atoms with Gasteiger partial charge in [0.05, 0.1) is 0 Å². The first kappa shape index (κ1) is 12.2. The molecule has 15 heavy (non-hydrogen) atoms. The van der Waals surface area contributed by atoms with Gasteiger partial charge in [-0.1, -0.05) is 38.6 Å². The normalized spacial score (nSPS) is 17.4. The largest absolute Gasteiger partial charge is 0.399 e. The van der Waals surface area contributed by atoms with Gasteiger partial charge in [0.1, 0.15) is 7.28 Å². The van der Waals surface area contributed by atoms with Crippen LogP contribution in [-0.4, -0.2) is 7.28 Å². The Morgan fingerprint density at radius 3 is 2.67 bits per heavy atom. The molecule has 0 spiro atoms. The maximum atomic E-state index is 6.12. The second-order valence-electron chi connectivity index (χ2n) is 4.91. The fraction of sp³-hybridized carbons (Fsp3) is 0.538. The Kier molecular flexibility index (Phi) is 3.84. The molecule has 0 aliphatic heterocycles. The van der Waals surface area contributed by atoms with Crippen LogP contribution in [0.4, 0.5) is 0 Å². The summed E-state index contributed by atoms with van der Waals surface area (Å²) in [6.45, 7) is 10.5. The smallest absolute Gasteiger partial charge is 0.122 e. The fourth-order valence-electron chi connectivity index (χ4n) is 2.14. The van der Waals surface area contributed by atoms with Gasteiger partial charge in [0.2, 0.25) is 0 Å². The van der Waals surface area contributed by atoms with Crippen molar-refractivity contribution < 1.29 is 0 Å². The van der Waals surface area contributed by atoms with Crippen molar-refractivity contribution in [2.75, 3.05) is 0 Å². The Balaban J connectivity index is 2.93. The van der Waals surface area contributed by atoms with Gasteiger partial charge in [-0.05, 0) is 24.5 Å². The highest BCUT2D eigenvalue weighted by Crippen LogP contribution is 2.36. The summed E-state index contributed by atoms with van der Waals surface area (Å²) in [5.74, 6) is 0. The zero-order valence-corrected chi connectivity index (χ0v) is 10.3. The molecule has 0 bridgehead atoms. The molecule has 2 heteroatoms. The summed E-state index contributed by atoms with van der Waals surface area (Å²) >= 11 is 0. The van der Waals surface area contributed by atoms with Crippen LogP contribution >= 0.6 is 0 Å². The van der Waals surface area contributed by atoms with E-state index in [2.05, 4.69) is 33.3 Å². The predicted molar refractivity (Wildman–Crippen MR) is 70.3 cm³/mol. The van der Waals surface area contributed by atoms with Crippen LogP contribution in [0.1, 0.15) is 26.7 Å². The quantitative estimate of drug-likeness (QED) is 0.551. The second kappa shape index (κ2) is 4.74. The Morgan fingerprint density at radius 1 is 1.53 bits per heavy atom. The van der Waals surface area contributed by atoms with E-state index in [0.29, 0.717) is 0 Å². The van der Waals surface area contributed by atoms with Crippen molar-refractivity contribution in [3.8, 4) is 0 Å². The Bertz CT molecular complexity index is 310. The summed E-state index contributed by atoms with van der Waals surface area (Å²) in [6.07, 6.45) is 7.61. The monoisotopic (exact) mass is 203 g/mol. The minimum Gasteiger partial charge on any atom is -0.399 e. The molecule has 0 aromatic heterocycles. The Morgan fingerprint density at radius 2 is 2.20 bits per heavy atom. The molecule has 82 valence electrons. The molecule has 0 fully saturated rings. The first-order chi connectivity index (χ1) is 7.01. The molecule has 1 aliphatic rings. The number of hydrogen-bond acceptors (Lipinski definition) is 1. The molecule has 0 atom stereocenters. The number of hydrogen-bond donors (Lipinski definition) is 1. The molecule has 0 radical (unpaired) electrons. The highest BCUT2D eigenvalue weighted by molar-refractivity contribution is 6.34. The molecular weight excluding hydrogens is 181 g/mol. The van der Waals surface area contributed by atoms with Crippen LogP contribution in [-0.2, 0) is 0 Å². The van der Waals surface area contributed by atoms with E-state index in [0.717, 1.165) is 12.1 Å². The van der Waals surface area contributed by atoms with Crippen molar-refractivity contribution in [1.82, 2.24) is 0 Å². The molecule has 0 aromatic carbocycles. The summed E-state index contributed by atoms with van der Waals surface area (Å²) in [4.78, 5) is 0. The van der Waals surface area contributed by atoms with E-state index in [-0.39, 0.29) is 5.41 Å². The highest BCUT2D eigenvalue weighted by Gasteiger charge is 2.23. The zero-order valence-electron chi connectivity index (χ0n) is 10.3. The van der Waals surface area contributed by atoms with E-state index in [9.17, 15) is 0 Å². The summed E-state index contributed by atoms with van der Waals surface area (Å²) in [6, 6.07) is 0. The third-order valence-electron chi connectivity index (χ3n) is 3.26. The van der Waals surface area contributed by atoms with Crippen LogP contribution in [0.15, 0.2) is 35.6 Å². The molecule has 1 nitrogen and oxygen atoms in total. The van der Waals surface area contributed by atoms with Crippen LogP contribution in [0.2, 0.25) is 13.1 Å². The third-order valence-corrected chi connectivity index (χ3v) is 3.26. The van der Waals surface area contributed by atoms with E-state index in [4.69, 9.17) is 5.73 Å². The summed E-state index contributed by atoms with van der Waals surface area (Å²) in [5.41, 5.74) is 9.97. The minimum absolute atomic E-state index is 0.0400. The van der Waals surface area contributed by atoms with Crippen LogP contribution in [0.5, 0.6) is 0 Å². The fourth-order valence-corrected chi connectivity index (χ4v) is 2.14. The first-order valence-electron chi connectivity index (χ1n) is 5.83. The lowest BCUT2D eigenvalue weighted by Crippen LogP contribution is -2.19. The minimum atomic E-state index is 0.0400. The standard InChI is InChI=1S/C13H22BN/c1-5-13(2,3)11-7-6-10(9-14-4)8-12(11)15/h5,8,14H,1,6-7,9,15H2,2-4H3. The van der Waals surface area contributed by atoms with Gasteiger partial charge in [-0.3, -0.25) is 0 Å². The van der Waals surface area contributed by atoms with Gasteiger partial charge in [0.25, 0.3) is 0 Å². The SMILES string of the molecule is C=CC(C)(C)C1=C(N)C=C(CBC)CC1. The first-order valence-corrected chi connectivity index (χ1v) is 5.83. The average Bonchev–Trinajstić information content (AvgIpc) is 2.18. The number of rotatable bonds is 4. The molecule has 0 aromatic rings. The van der Waals surface area contributed by atoms with E-state index in [1.807, 2.05) is 6.08 Å². The molecule has 0 amide bonds. The van der Waals surface area contributed by atoms with Crippen molar-refractivity contribution >= 4 is 7.28 Å². The number of nitrogens with two attached hydrogens (primary N) is 1. The molecule has 1 aliphatic carbocycles. The van der Waals surface area contributed by atoms with Gasteiger partial charge in [-0.2, -0.15) is 0 Å². The summed E-state index contributed by atoms with van der Waals surface area (Å²) in [5, 5.41) is 0. The highest BCUT2D eigenvalue weighted by atomic mass is 14.6. The van der Waals surface area contributed by atoms with Crippen LogP contribution in [0, 0.1) is 5.41 Å². The van der Waals surface area contributed by atoms with Gasteiger partial charge in [-0.15, -0.1) is 6.58 Å². The van der Waals surface area contributed by atoms with E-state index >= 15 is 0 Å². The van der Waals surface area contributed by atoms with Crippen molar-refractivity contribution in [3.63, 3.8) is 0 Å². The van der Waals surface area contributed by atoms with Crippen LogP contribution < -0.4 is 5.73 Å². The lowest BCUT2D eigenvalue weighted by Gasteiger charge is -2.29. The maximum absolute atomic E-state index is 6.12. The molecule has 0 saturated carbocycles. The van der Waals surface area contributed by atoms with Crippen molar-refractivity contribution in [1.29, 1.82) is 0 Å². The van der Waals surface area contributed by atoms with Gasteiger partial charge < -0.3 is 5.73 Å². The van der Waals surface area contributed by atoms with E-state index in [1.54, 1.807) is 0 Å². The van der Waals surface area contributed by atoms with Gasteiger partial charge >= 0.3 is 0 Å². The summed E-state index contributed by atoms with van der Waals surface area (Å²) < 4.78 is 0. The second-order valence-corrected chi connectivity index (χ2v) is 4.91.